The van der Waals surface area contributed by atoms with Gasteiger partial charge in [0.2, 0.25) is 0 Å². The van der Waals surface area contributed by atoms with Crippen LogP contribution in [0.1, 0.15) is 9.67 Å². The predicted molar refractivity (Wildman–Crippen MR) is 54.4 cm³/mol. The maximum atomic E-state index is 11.2. The summed E-state index contributed by atoms with van der Waals surface area (Å²) in [6, 6.07) is 3.66. The number of carbonyl (C=O) groups excluding carboxylic acids is 1. The summed E-state index contributed by atoms with van der Waals surface area (Å²) in [6.45, 7) is 3.55. The minimum absolute atomic E-state index is 0.0307. The number of rotatable bonds is 4. The van der Waals surface area contributed by atoms with Gasteiger partial charge in [0.05, 0.1) is 4.88 Å². The van der Waals surface area contributed by atoms with E-state index < -0.39 is 0 Å². The third-order valence-corrected chi connectivity index (χ3v) is 2.71. The van der Waals surface area contributed by atoms with Crippen LogP contribution in [0.25, 0.3) is 0 Å². The van der Waals surface area contributed by atoms with Gasteiger partial charge in [-0.15, -0.1) is 17.9 Å². The van der Waals surface area contributed by atoms with Crippen LogP contribution in [0.5, 0.6) is 0 Å². The lowest BCUT2D eigenvalue weighted by Gasteiger charge is -1.98. The summed E-state index contributed by atoms with van der Waals surface area (Å²) in [6.07, 6.45) is 1.75. The lowest BCUT2D eigenvalue weighted by Crippen LogP contribution is -2.14. The third-order valence-electron chi connectivity index (χ3n) is 1.11. The summed E-state index contributed by atoms with van der Waals surface area (Å²) in [4.78, 5) is 12.0. The highest BCUT2D eigenvalue weighted by atomic mass is 32.2. The highest BCUT2D eigenvalue weighted by Crippen LogP contribution is 2.09. The zero-order valence-electron chi connectivity index (χ0n) is 6.45. The molecule has 0 unspecified atom stereocenters. The molecule has 0 radical (unpaired) electrons. The van der Waals surface area contributed by atoms with Crippen molar-refractivity contribution < 1.29 is 4.79 Å². The van der Waals surface area contributed by atoms with Gasteiger partial charge in [0, 0.05) is 5.75 Å². The first-order valence-electron chi connectivity index (χ1n) is 3.41. The Kier molecular flexibility index (Phi) is 3.90. The van der Waals surface area contributed by atoms with E-state index in [-0.39, 0.29) is 5.91 Å². The average molecular weight is 199 g/mol. The molecule has 12 heavy (non-hydrogen) atoms. The molecule has 1 amide bonds. The second-order valence-corrected chi connectivity index (χ2v) is 3.78. The topological polar surface area (TPSA) is 29.1 Å². The molecule has 0 fully saturated rings. The molecule has 0 saturated carbocycles. The molecule has 0 spiro atoms. The van der Waals surface area contributed by atoms with Crippen molar-refractivity contribution in [3.05, 3.63) is 35.0 Å². The Morgan fingerprint density at radius 2 is 2.67 bits per heavy atom. The Balaban J connectivity index is 2.34. The molecule has 0 aliphatic carbocycles. The van der Waals surface area contributed by atoms with E-state index in [0.29, 0.717) is 0 Å². The van der Waals surface area contributed by atoms with Crippen molar-refractivity contribution in [1.82, 2.24) is 4.72 Å². The smallest absolute Gasteiger partial charge is 0.271 e. The fraction of sp³-hybridized carbons (Fsp3) is 0.125. The second kappa shape index (κ2) is 5.00. The Morgan fingerprint density at radius 3 is 3.25 bits per heavy atom. The van der Waals surface area contributed by atoms with Crippen LogP contribution in [-0.2, 0) is 0 Å². The Bertz CT molecular complexity index is 256. The fourth-order valence-electron chi connectivity index (χ4n) is 0.624. The molecule has 64 valence electrons. The minimum Gasteiger partial charge on any atom is -0.295 e. The minimum atomic E-state index is -0.0307. The molecule has 4 heteroatoms. The largest absolute Gasteiger partial charge is 0.295 e. The second-order valence-electron chi connectivity index (χ2n) is 2.01. The standard InChI is InChI=1S/C8H9NOS2/c1-2-5-12-9-8(10)7-4-3-6-11-7/h2-4,6H,1,5H2,(H,9,10). The number of nitrogens with one attached hydrogen (secondary N) is 1. The third kappa shape index (κ3) is 2.71. The summed E-state index contributed by atoms with van der Waals surface area (Å²) in [5, 5.41) is 1.88. The van der Waals surface area contributed by atoms with Crippen molar-refractivity contribution in [2.24, 2.45) is 0 Å². The van der Waals surface area contributed by atoms with Gasteiger partial charge < -0.3 is 0 Å². The summed E-state index contributed by atoms with van der Waals surface area (Å²) in [5.74, 6) is 0.703. The first-order valence-corrected chi connectivity index (χ1v) is 5.27. The average Bonchev–Trinajstić information content (AvgIpc) is 2.56. The van der Waals surface area contributed by atoms with Gasteiger partial charge in [-0.1, -0.05) is 12.1 Å². The van der Waals surface area contributed by atoms with Crippen LogP contribution in [0.4, 0.5) is 0 Å². The SMILES string of the molecule is C=CCSNC(=O)c1cccs1. The summed E-state index contributed by atoms with van der Waals surface area (Å²) in [7, 11) is 0. The quantitative estimate of drug-likeness (QED) is 0.458. The van der Waals surface area contributed by atoms with Gasteiger partial charge in [-0.3, -0.25) is 9.52 Å². The van der Waals surface area contributed by atoms with E-state index in [2.05, 4.69) is 11.3 Å². The first kappa shape index (κ1) is 9.35. The molecule has 1 aromatic rings. The molecule has 1 rings (SSSR count). The van der Waals surface area contributed by atoms with Gasteiger partial charge in [-0.2, -0.15) is 0 Å². The first-order chi connectivity index (χ1) is 5.84. The van der Waals surface area contributed by atoms with Crippen molar-refractivity contribution in [1.29, 1.82) is 0 Å². The molecule has 0 aliphatic heterocycles. The molecule has 0 bridgehead atoms. The lowest BCUT2D eigenvalue weighted by molar-refractivity contribution is 0.0988. The molecule has 0 aliphatic rings. The zero-order valence-corrected chi connectivity index (χ0v) is 8.08. The number of carbonyl (C=O) groups is 1. The van der Waals surface area contributed by atoms with Crippen LogP contribution in [0.2, 0.25) is 0 Å². The van der Waals surface area contributed by atoms with Gasteiger partial charge in [-0.25, -0.2) is 0 Å². The highest BCUT2D eigenvalue weighted by molar-refractivity contribution is 7.98. The zero-order chi connectivity index (χ0) is 8.81. The van der Waals surface area contributed by atoms with Crippen molar-refractivity contribution in [2.75, 3.05) is 5.75 Å². The Hall–Kier alpha value is -0.740. The van der Waals surface area contributed by atoms with E-state index in [1.807, 2.05) is 11.4 Å². The highest BCUT2D eigenvalue weighted by Gasteiger charge is 2.03. The van der Waals surface area contributed by atoms with Crippen molar-refractivity contribution in [2.45, 2.75) is 0 Å². The Morgan fingerprint density at radius 1 is 1.83 bits per heavy atom. The van der Waals surface area contributed by atoms with Gasteiger partial charge >= 0.3 is 0 Å². The molecule has 0 aromatic carbocycles. The summed E-state index contributed by atoms with van der Waals surface area (Å²) < 4.78 is 2.70. The molecule has 0 atom stereocenters. The molecular formula is C8H9NOS2. The van der Waals surface area contributed by atoms with Crippen LogP contribution in [0.15, 0.2) is 30.2 Å². The van der Waals surface area contributed by atoms with E-state index in [9.17, 15) is 4.79 Å². The molecule has 0 saturated heterocycles. The normalized spacial score (nSPS) is 9.33. The van der Waals surface area contributed by atoms with Crippen LogP contribution >= 0.6 is 23.3 Å². The van der Waals surface area contributed by atoms with Crippen LogP contribution in [0, 0.1) is 0 Å². The van der Waals surface area contributed by atoms with E-state index >= 15 is 0 Å². The van der Waals surface area contributed by atoms with E-state index in [0.717, 1.165) is 10.6 Å². The van der Waals surface area contributed by atoms with Gasteiger partial charge in [0.1, 0.15) is 0 Å². The van der Waals surface area contributed by atoms with Crippen molar-refractivity contribution >= 4 is 29.2 Å². The molecule has 1 N–H and O–H groups in total. The molecule has 1 aromatic heterocycles. The summed E-state index contributed by atoms with van der Waals surface area (Å²) in [5.41, 5.74) is 0. The number of hydrogen-bond acceptors (Lipinski definition) is 3. The maximum Gasteiger partial charge on any atom is 0.271 e. The van der Waals surface area contributed by atoms with E-state index in [4.69, 9.17) is 0 Å². The number of thiophene rings is 1. The lowest BCUT2D eigenvalue weighted by atomic mass is 10.5. The Labute approximate surface area is 79.8 Å². The molecule has 2 nitrogen and oxygen atoms in total. The predicted octanol–water partition coefficient (Wildman–Crippen LogP) is 2.31. The van der Waals surface area contributed by atoms with Crippen LogP contribution in [-0.4, -0.2) is 11.7 Å². The molecular weight excluding hydrogens is 190 g/mol. The van der Waals surface area contributed by atoms with Crippen molar-refractivity contribution in [3.63, 3.8) is 0 Å². The number of amides is 1. The van der Waals surface area contributed by atoms with Gasteiger partial charge in [0.25, 0.3) is 5.91 Å². The van der Waals surface area contributed by atoms with Gasteiger partial charge in [-0.05, 0) is 23.4 Å². The van der Waals surface area contributed by atoms with Gasteiger partial charge in [0.15, 0.2) is 0 Å². The van der Waals surface area contributed by atoms with Crippen LogP contribution in [0.3, 0.4) is 0 Å². The maximum absolute atomic E-state index is 11.2. The number of hydrogen-bond donors (Lipinski definition) is 1. The molecule has 1 heterocycles. The summed E-state index contributed by atoms with van der Waals surface area (Å²) >= 11 is 2.79. The fourth-order valence-corrected chi connectivity index (χ4v) is 1.75. The van der Waals surface area contributed by atoms with Crippen LogP contribution < -0.4 is 4.72 Å². The van der Waals surface area contributed by atoms with E-state index in [1.165, 1.54) is 23.3 Å². The monoisotopic (exact) mass is 199 g/mol. The van der Waals surface area contributed by atoms with E-state index in [1.54, 1.807) is 12.1 Å². The van der Waals surface area contributed by atoms with Crippen molar-refractivity contribution in [3.8, 4) is 0 Å².